The molecule has 0 saturated carbocycles. The molecule has 0 radical (unpaired) electrons. The van der Waals surface area contributed by atoms with E-state index in [4.69, 9.17) is 5.11 Å². The number of amides is 1. The van der Waals surface area contributed by atoms with Crippen molar-refractivity contribution in [2.75, 3.05) is 26.7 Å². The molecular weight excluding hydrogens is 184 g/mol. The zero-order valence-corrected chi connectivity index (χ0v) is 8.14. The van der Waals surface area contributed by atoms with E-state index in [2.05, 4.69) is 4.90 Å². The predicted molar refractivity (Wildman–Crippen MR) is 48.7 cm³/mol. The number of aliphatic carboxylic acids is 1. The maximum atomic E-state index is 11.5. The topological polar surface area (TPSA) is 60.9 Å². The number of hydrogen-bond donors (Lipinski definition) is 1. The van der Waals surface area contributed by atoms with Gasteiger partial charge in [-0.1, -0.05) is 0 Å². The number of rotatable bonds is 2. The third kappa shape index (κ3) is 1.48. The van der Waals surface area contributed by atoms with Crippen LogP contribution in [0.15, 0.2) is 0 Å². The van der Waals surface area contributed by atoms with Crippen molar-refractivity contribution < 1.29 is 14.7 Å². The van der Waals surface area contributed by atoms with Crippen molar-refractivity contribution in [2.24, 2.45) is 5.92 Å². The van der Waals surface area contributed by atoms with Crippen LogP contribution in [0.25, 0.3) is 0 Å². The molecule has 0 bridgehead atoms. The average molecular weight is 198 g/mol. The van der Waals surface area contributed by atoms with Crippen LogP contribution in [0.1, 0.15) is 6.42 Å². The van der Waals surface area contributed by atoms with Gasteiger partial charge in [0.15, 0.2) is 0 Å². The van der Waals surface area contributed by atoms with Gasteiger partial charge in [-0.05, 0) is 7.05 Å². The lowest BCUT2D eigenvalue weighted by atomic mass is 10.1. The molecule has 78 valence electrons. The minimum Gasteiger partial charge on any atom is -0.481 e. The van der Waals surface area contributed by atoms with E-state index < -0.39 is 11.9 Å². The van der Waals surface area contributed by atoms with E-state index in [1.165, 1.54) is 0 Å². The van der Waals surface area contributed by atoms with Gasteiger partial charge in [-0.25, -0.2) is 0 Å². The zero-order chi connectivity index (χ0) is 10.3. The van der Waals surface area contributed by atoms with Crippen molar-refractivity contribution >= 4 is 11.9 Å². The predicted octanol–water partition coefficient (Wildman–Crippen LogP) is -0.766. The highest BCUT2D eigenvalue weighted by Crippen LogP contribution is 2.24. The van der Waals surface area contributed by atoms with Gasteiger partial charge in [-0.3, -0.25) is 9.59 Å². The highest BCUT2D eigenvalue weighted by Gasteiger charge is 2.41. The lowest BCUT2D eigenvalue weighted by Crippen LogP contribution is -2.58. The van der Waals surface area contributed by atoms with Gasteiger partial charge in [0.2, 0.25) is 5.91 Å². The summed E-state index contributed by atoms with van der Waals surface area (Å²) in [6, 6.07) is 0.247. The van der Waals surface area contributed by atoms with Gasteiger partial charge in [-0.15, -0.1) is 0 Å². The van der Waals surface area contributed by atoms with E-state index in [9.17, 15) is 9.59 Å². The van der Waals surface area contributed by atoms with Gasteiger partial charge >= 0.3 is 5.97 Å². The molecule has 2 saturated heterocycles. The summed E-state index contributed by atoms with van der Waals surface area (Å²) in [5, 5.41) is 8.78. The number of likely N-dealkylation sites (N-methyl/N-ethyl adjacent to an activating group) is 1. The molecule has 1 atom stereocenters. The van der Waals surface area contributed by atoms with Crippen LogP contribution in [0.3, 0.4) is 0 Å². The molecule has 1 unspecified atom stereocenters. The molecule has 0 aliphatic carbocycles. The molecule has 2 fully saturated rings. The van der Waals surface area contributed by atoms with Crippen LogP contribution in [0.2, 0.25) is 0 Å². The molecule has 1 amide bonds. The number of carbonyl (C=O) groups excluding carboxylic acids is 1. The molecule has 1 N–H and O–H groups in total. The Morgan fingerprint density at radius 2 is 2.07 bits per heavy atom. The Kier molecular flexibility index (Phi) is 2.19. The second-order valence-corrected chi connectivity index (χ2v) is 4.16. The number of hydrogen-bond acceptors (Lipinski definition) is 3. The fourth-order valence-electron chi connectivity index (χ4n) is 2.11. The third-order valence-electron chi connectivity index (χ3n) is 2.99. The number of carboxylic acids is 1. The van der Waals surface area contributed by atoms with Gasteiger partial charge in [-0.2, -0.15) is 0 Å². The Morgan fingerprint density at radius 1 is 1.43 bits per heavy atom. The van der Waals surface area contributed by atoms with Crippen LogP contribution in [0.5, 0.6) is 0 Å². The Bertz CT molecular complexity index is 273. The van der Waals surface area contributed by atoms with Crippen LogP contribution in [-0.4, -0.2) is 59.5 Å². The summed E-state index contributed by atoms with van der Waals surface area (Å²) < 4.78 is 0. The normalized spacial score (nSPS) is 29.4. The molecule has 5 nitrogen and oxygen atoms in total. The molecule has 2 rings (SSSR count). The Labute approximate surface area is 82.3 Å². The van der Waals surface area contributed by atoms with Crippen molar-refractivity contribution in [3.63, 3.8) is 0 Å². The van der Waals surface area contributed by atoms with Crippen molar-refractivity contribution in [3.05, 3.63) is 0 Å². The van der Waals surface area contributed by atoms with Gasteiger partial charge < -0.3 is 14.9 Å². The Balaban J connectivity index is 1.95. The van der Waals surface area contributed by atoms with Gasteiger partial charge in [0.05, 0.1) is 12.0 Å². The van der Waals surface area contributed by atoms with Gasteiger partial charge in [0.25, 0.3) is 0 Å². The van der Waals surface area contributed by atoms with E-state index in [0.717, 1.165) is 13.1 Å². The molecule has 0 aromatic rings. The first-order chi connectivity index (χ1) is 6.58. The zero-order valence-electron chi connectivity index (χ0n) is 8.14. The minimum absolute atomic E-state index is 0.00417. The van der Waals surface area contributed by atoms with Gasteiger partial charge in [0, 0.05) is 26.1 Å². The number of likely N-dealkylation sites (tertiary alicyclic amines) is 2. The second kappa shape index (κ2) is 3.24. The quantitative estimate of drug-likeness (QED) is 0.633. The molecule has 14 heavy (non-hydrogen) atoms. The van der Waals surface area contributed by atoms with Crippen LogP contribution < -0.4 is 0 Å². The maximum Gasteiger partial charge on any atom is 0.308 e. The molecule has 0 aromatic carbocycles. The van der Waals surface area contributed by atoms with Crippen LogP contribution in [0, 0.1) is 5.92 Å². The Morgan fingerprint density at radius 3 is 2.50 bits per heavy atom. The van der Waals surface area contributed by atoms with Crippen LogP contribution >= 0.6 is 0 Å². The van der Waals surface area contributed by atoms with E-state index in [1.807, 2.05) is 7.05 Å². The first-order valence-electron chi connectivity index (χ1n) is 4.78. The van der Waals surface area contributed by atoms with E-state index in [1.54, 1.807) is 4.90 Å². The molecule has 2 aliphatic rings. The molecule has 5 heteroatoms. The summed E-state index contributed by atoms with van der Waals surface area (Å²) in [6.07, 6.45) is 0.176. The Hall–Kier alpha value is -1.10. The fourth-order valence-corrected chi connectivity index (χ4v) is 2.11. The van der Waals surface area contributed by atoms with E-state index in [0.29, 0.717) is 6.54 Å². The van der Waals surface area contributed by atoms with E-state index in [-0.39, 0.29) is 18.4 Å². The number of carboxylic acid groups (broad SMARTS) is 1. The molecule has 0 aromatic heterocycles. The molecular formula is C9H14N2O3. The summed E-state index contributed by atoms with van der Waals surface area (Å²) >= 11 is 0. The molecule has 2 aliphatic heterocycles. The third-order valence-corrected chi connectivity index (χ3v) is 2.99. The highest BCUT2D eigenvalue weighted by atomic mass is 16.4. The SMILES string of the molecule is CN1CC(N2CC(C(=O)O)CC2=O)C1. The largest absolute Gasteiger partial charge is 0.481 e. The maximum absolute atomic E-state index is 11.5. The smallest absolute Gasteiger partial charge is 0.308 e. The first-order valence-corrected chi connectivity index (χ1v) is 4.78. The summed E-state index contributed by atoms with van der Waals surface area (Å²) in [5.41, 5.74) is 0. The van der Waals surface area contributed by atoms with Crippen LogP contribution in [0.4, 0.5) is 0 Å². The lowest BCUT2D eigenvalue weighted by Gasteiger charge is -2.41. The van der Waals surface area contributed by atoms with Crippen LogP contribution in [-0.2, 0) is 9.59 Å². The molecule has 2 heterocycles. The van der Waals surface area contributed by atoms with Crippen molar-refractivity contribution in [3.8, 4) is 0 Å². The summed E-state index contributed by atoms with van der Waals surface area (Å²) in [7, 11) is 1.99. The van der Waals surface area contributed by atoms with Gasteiger partial charge in [0.1, 0.15) is 0 Å². The second-order valence-electron chi connectivity index (χ2n) is 4.16. The number of carbonyl (C=O) groups is 2. The van der Waals surface area contributed by atoms with Crippen molar-refractivity contribution in [2.45, 2.75) is 12.5 Å². The summed E-state index contributed by atoms with van der Waals surface area (Å²) in [6.45, 7) is 2.14. The minimum atomic E-state index is -0.853. The highest BCUT2D eigenvalue weighted by molar-refractivity contribution is 5.86. The fraction of sp³-hybridized carbons (Fsp3) is 0.778. The molecule has 0 spiro atoms. The summed E-state index contributed by atoms with van der Waals surface area (Å²) in [5.74, 6) is -1.35. The van der Waals surface area contributed by atoms with Crippen molar-refractivity contribution in [1.82, 2.24) is 9.80 Å². The van der Waals surface area contributed by atoms with E-state index >= 15 is 0 Å². The standard InChI is InChI=1S/C9H14N2O3/c1-10-4-7(5-10)11-3-6(9(13)14)2-8(11)12/h6-7H,2-5H2,1H3,(H,13,14). The average Bonchev–Trinajstić information content (AvgIpc) is 2.42. The van der Waals surface area contributed by atoms with Crippen molar-refractivity contribution in [1.29, 1.82) is 0 Å². The summed E-state index contributed by atoms with van der Waals surface area (Å²) in [4.78, 5) is 26.0. The first kappa shape index (κ1) is 9.45. The number of nitrogens with zero attached hydrogens (tertiary/aromatic N) is 2. The monoisotopic (exact) mass is 198 g/mol. The lowest BCUT2D eigenvalue weighted by molar-refractivity contribution is -0.141.